The summed E-state index contributed by atoms with van der Waals surface area (Å²) in [7, 11) is 0. The second-order valence-electron chi connectivity index (χ2n) is 5.27. The van der Waals surface area contributed by atoms with Gasteiger partial charge in [0.2, 0.25) is 0 Å². The molecule has 110 valence electrons. The molecule has 0 aliphatic carbocycles. The molecule has 3 heteroatoms. The zero-order valence-corrected chi connectivity index (χ0v) is 12.9. The van der Waals surface area contributed by atoms with E-state index in [4.69, 9.17) is 14.2 Å². The molecule has 0 rings (SSSR count). The van der Waals surface area contributed by atoms with Gasteiger partial charge in [0.15, 0.2) is 0 Å². The Kier molecular flexibility index (Phi) is 11.9. The normalized spacial score (nSPS) is 15.0. The second kappa shape index (κ2) is 11.9. The van der Waals surface area contributed by atoms with Gasteiger partial charge < -0.3 is 14.2 Å². The lowest BCUT2D eigenvalue weighted by Gasteiger charge is -2.18. The van der Waals surface area contributed by atoms with Crippen LogP contribution in [-0.4, -0.2) is 38.1 Å². The first-order valence-corrected chi connectivity index (χ1v) is 7.41. The average Bonchev–Trinajstić information content (AvgIpc) is 2.33. The molecule has 0 amide bonds. The molecule has 0 aromatic carbocycles. The number of unbranched alkanes of at least 4 members (excludes halogenated alkanes) is 3. The molecule has 0 saturated heterocycles. The summed E-state index contributed by atoms with van der Waals surface area (Å²) in [5, 5.41) is 0. The third-order valence-corrected chi connectivity index (χ3v) is 2.68. The Balaban J connectivity index is 3.37. The van der Waals surface area contributed by atoms with Gasteiger partial charge in [-0.15, -0.1) is 0 Å². The highest BCUT2D eigenvalue weighted by molar-refractivity contribution is 4.53. The van der Waals surface area contributed by atoms with Gasteiger partial charge in [-0.25, -0.2) is 0 Å². The quantitative estimate of drug-likeness (QED) is 0.499. The maximum absolute atomic E-state index is 5.70. The Labute approximate surface area is 113 Å². The van der Waals surface area contributed by atoms with Crippen LogP contribution in [0.4, 0.5) is 0 Å². The van der Waals surface area contributed by atoms with Crippen molar-refractivity contribution >= 4 is 0 Å². The van der Waals surface area contributed by atoms with E-state index in [0.29, 0.717) is 13.2 Å². The van der Waals surface area contributed by atoms with Crippen molar-refractivity contribution in [2.75, 3.05) is 19.8 Å². The molecule has 0 N–H and O–H groups in total. The van der Waals surface area contributed by atoms with Crippen molar-refractivity contribution in [2.24, 2.45) is 0 Å². The lowest BCUT2D eigenvalue weighted by Crippen LogP contribution is -2.24. The van der Waals surface area contributed by atoms with Gasteiger partial charge in [-0.1, -0.05) is 26.2 Å². The highest BCUT2D eigenvalue weighted by atomic mass is 16.6. The van der Waals surface area contributed by atoms with Crippen LogP contribution >= 0.6 is 0 Å². The number of hydrogen-bond acceptors (Lipinski definition) is 3. The van der Waals surface area contributed by atoms with Crippen LogP contribution in [0.25, 0.3) is 0 Å². The molecule has 0 saturated carbocycles. The molecule has 2 unspecified atom stereocenters. The van der Waals surface area contributed by atoms with Crippen LogP contribution in [-0.2, 0) is 14.2 Å². The summed E-state index contributed by atoms with van der Waals surface area (Å²) in [5.41, 5.74) is 0. The number of hydrogen-bond donors (Lipinski definition) is 0. The van der Waals surface area contributed by atoms with E-state index < -0.39 is 0 Å². The summed E-state index contributed by atoms with van der Waals surface area (Å²) in [4.78, 5) is 0. The summed E-state index contributed by atoms with van der Waals surface area (Å²) in [6.07, 6.45) is 5.58. The first-order valence-electron chi connectivity index (χ1n) is 7.41. The smallest absolute Gasteiger partial charge is 0.0781 e. The standard InChI is InChI=1S/C15H32O3/c1-6-7-8-9-10-16-14(4)12-18-15(5)11-17-13(2)3/h13-15H,6-12H2,1-5H3. The van der Waals surface area contributed by atoms with Crippen molar-refractivity contribution in [1.82, 2.24) is 0 Å². The highest BCUT2D eigenvalue weighted by Crippen LogP contribution is 2.03. The van der Waals surface area contributed by atoms with Gasteiger partial charge in [-0.2, -0.15) is 0 Å². The zero-order chi connectivity index (χ0) is 13.8. The molecule has 0 aliphatic rings. The van der Waals surface area contributed by atoms with Gasteiger partial charge in [0.05, 0.1) is 31.5 Å². The van der Waals surface area contributed by atoms with Crippen LogP contribution in [0.15, 0.2) is 0 Å². The van der Waals surface area contributed by atoms with Crippen LogP contribution in [0, 0.1) is 0 Å². The fraction of sp³-hybridized carbons (Fsp3) is 1.00. The lowest BCUT2D eigenvalue weighted by atomic mass is 10.2. The Bertz CT molecular complexity index is 171. The molecule has 0 aliphatic heterocycles. The fourth-order valence-electron chi connectivity index (χ4n) is 1.54. The summed E-state index contributed by atoms with van der Waals surface area (Å²) in [6.45, 7) is 12.5. The van der Waals surface area contributed by atoms with E-state index >= 15 is 0 Å². The van der Waals surface area contributed by atoms with Gasteiger partial charge in [-0.3, -0.25) is 0 Å². The topological polar surface area (TPSA) is 27.7 Å². The molecule has 18 heavy (non-hydrogen) atoms. The predicted molar refractivity (Wildman–Crippen MR) is 76.1 cm³/mol. The molecular formula is C15H32O3. The van der Waals surface area contributed by atoms with Crippen LogP contribution < -0.4 is 0 Å². The third-order valence-electron chi connectivity index (χ3n) is 2.68. The molecular weight excluding hydrogens is 228 g/mol. The zero-order valence-electron chi connectivity index (χ0n) is 12.9. The third kappa shape index (κ3) is 12.3. The molecule has 0 spiro atoms. The van der Waals surface area contributed by atoms with Gasteiger partial charge in [0, 0.05) is 6.61 Å². The van der Waals surface area contributed by atoms with E-state index in [1.54, 1.807) is 0 Å². The van der Waals surface area contributed by atoms with Crippen LogP contribution in [0.2, 0.25) is 0 Å². The monoisotopic (exact) mass is 260 g/mol. The molecule has 0 heterocycles. The lowest BCUT2D eigenvalue weighted by molar-refractivity contribution is -0.0659. The molecule has 0 aromatic heterocycles. The van der Waals surface area contributed by atoms with Gasteiger partial charge in [-0.05, 0) is 34.1 Å². The average molecular weight is 260 g/mol. The van der Waals surface area contributed by atoms with Crippen molar-refractivity contribution in [1.29, 1.82) is 0 Å². The maximum atomic E-state index is 5.70. The van der Waals surface area contributed by atoms with E-state index in [9.17, 15) is 0 Å². The SMILES string of the molecule is CCCCCCOC(C)COC(C)COC(C)C. The predicted octanol–water partition coefficient (Wildman–Crippen LogP) is 3.80. The van der Waals surface area contributed by atoms with E-state index in [2.05, 4.69) is 13.8 Å². The van der Waals surface area contributed by atoms with E-state index in [1.807, 2.05) is 20.8 Å². The van der Waals surface area contributed by atoms with Crippen LogP contribution in [0.5, 0.6) is 0 Å². The Morgan fingerprint density at radius 3 is 1.94 bits per heavy atom. The van der Waals surface area contributed by atoms with Crippen molar-refractivity contribution in [3.63, 3.8) is 0 Å². The summed E-state index contributed by atoms with van der Waals surface area (Å²) >= 11 is 0. The summed E-state index contributed by atoms with van der Waals surface area (Å²) in [6, 6.07) is 0. The largest absolute Gasteiger partial charge is 0.376 e. The van der Waals surface area contributed by atoms with Crippen LogP contribution in [0.1, 0.15) is 60.3 Å². The van der Waals surface area contributed by atoms with Crippen molar-refractivity contribution < 1.29 is 14.2 Å². The van der Waals surface area contributed by atoms with Crippen molar-refractivity contribution in [3.05, 3.63) is 0 Å². The minimum atomic E-state index is 0.138. The van der Waals surface area contributed by atoms with Gasteiger partial charge in [0.25, 0.3) is 0 Å². The van der Waals surface area contributed by atoms with E-state index in [-0.39, 0.29) is 18.3 Å². The van der Waals surface area contributed by atoms with Crippen LogP contribution in [0.3, 0.4) is 0 Å². The van der Waals surface area contributed by atoms with Crippen molar-refractivity contribution in [2.45, 2.75) is 78.6 Å². The molecule has 0 aromatic rings. The highest BCUT2D eigenvalue weighted by Gasteiger charge is 2.07. The van der Waals surface area contributed by atoms with Crippen molar-refractivity contribution in [3.8, 4) is 0 Å². The summed E-state index contributed by atoms with van der Waals surface area (Å²) in [5.74, 6) is 0. The Hall–Kier alpha value is -0.120. The first kappa shape index (κ1) is 17.9. The Morgan fingerprint density at radius 1 is 0.722 bits per heavy atom. The molecule has 0 fully saturated rings. The fourth-order valence-corrected chi connectivity index (χ4v) is 1.54. The Morgan fingerprint density at radius 2 is 1.33 bits per heavy atom. The summed E-state index contributed by atoms with van der Waals surface area (Å²) < 4.78 is 16.9. The minimum Gasteiger partial charge on any atom is -0.376 e. The molecule has 0 radical (unpaired) electrons. The van der Waals surface area contributed by atoms with E-state index in [0.717, 1.165) is 13.0 Å². The minimum absolute atomic E-state index is 0.138. The number of rotatable bonds is 12. The van der Waals surface area contributed by atoms with E-state index in [1.165, 1.54) is 19.3 Å². The van der Waals surface area contributed by atoms with Gasteiger partial charge in [0.1, 0.15) is 0 Å². The molecule has 3 nitrogen and oxygen atoms in total. The molecule has 0 bridgehead atoms. The number of ether oxygens (including phenoxy) is 3. The first-order chi connectivity index (χ1) is 8.56. The molecule has 2 atom stereocenters. The second-order valence-corrected chi connectivity index (χ2v) is 5.27. The maximum Gasteiger partial charge on any atom is 0.0781 e. The van der Waals surface area contributed by atoms with Gasteiger partial charge >= 0.3 is 0 Å².